The molecule has 0 aliphatic carbocycles. The number of imidazole rings is 1. The molecule has 2 aromatic rings. The summed E-state index contributed by atoms with van der Waals surface area (Å²) in [4.78, 5) is 32.9. The minimum Gasteiger partial charge on any atom is -0.478 e. The molecule has 3 atom stereocenters. The molecule has 1 aliphatic heterocycles. The highest BCUT2D eigenvalue weighted by Gasteiger charge is 2.37. The molecular formula is C22H26ClFN4O4. The van der Waals surface area contributed by atoms with Crippen molar-refractivity contribution in [1.29, 1.82) is 5.41 Å². The largest absolute Gasteiger partial charge is 0.478 e. The number of carboxylic acids is 1. The molecule has 0 radical (unpaired) electrons. The van der Waals surface area contributed by atoms with Crippen molar-refractivity contribution in [2.75, 3.05) is 25.1 Å². The molecule has 1 aromatic heterocycles. The molecule has 0 spiro atoms. The van der Waals surface area contributed by atoms with E-state index in [1.54, 1.807) is 7.11 Å². The Labute approximate surface area is 190 Å². The van der Waals surface area contributed by atoms with Gasteiger partial charge in [0, 0.05) is 31.8 Å². The van der Waals surface area contributed by atoms with Gasteiger partial charge in [0.15, 0.2) is 11.0 Å². The number of H-pyrrole nitrogens is 1. The van der Waals surface area contributed by atoms with Crippen molar-refractivity contribution in [2.24, 2.45) is 11.8 Å². The number of hydrogen-bond acceptors (Lipinski definition) is 6. The van der Waals surface area contributed by atoms with Gasteiger partial charge in [-0.2, -0.15) is 0 Å². The van der Waals surface area contributed by atoms with Gasteiger partial charge in [-0.3, -0.25) is 4.79 Å². The molecule has 0 saturated carbocycles. The molecule has 1 aromatic carbocycles. The summed E-state index contributed by atoms with van der Waals surface area (Å²) in [6.07, 6.45) is 0.832. The van der Waals surface area contributed by atoms with E-state index < -0.39 is 23.5 Å². The van der Waals surface area contributed by atoms with Crippen LogP contribution in [0.2, 0.25) is 5.15 Å². The van der Waals surface area contributed by atoms with Gasteiger partial charge in [-0.15, -0.1) is 0 Å². The lowest BCUT2D eigenvalue weighted by Gasteiger charge is -2.41. The maximum Gasteiger partial charge on any atom is 0.335 e. The second-order valence-corrected chi connectivity index (χ2v) is 8.27. The number of aromatic nitrogens is 2. The van der Waals surface area contributed by atoms with Crippen LogP contribution < -0.4 is 4.90 Å². The van der Waals surface area contributed by atoms with Gasteiger partial charge in [0.2, 0.25) is 5.78 Å². The van der Waals surface area contributed by atoms with E-state index in [0.717, 1.165) is 6.07 Å². The zero-order valence-electron chi connectivity index (χ0n) is 18.1. The highest BCUT2D eigenvalue weighted by Crippen LogP contribution is 2.32. The molecule has 2 unspecified atom stereocenters. The average molecular weight is 465 g/mol. The number of aryl methyl sites for hydroxylation is 1. The molecule has 8 nitrogen and oxygen atoms in total. The van der Waals surface area contributed by atoms with Crippen LogP contribution in [-0.4, -0.2) is 58.8 Å². The number of piperidine rings is 1. The zero-order chi connectivity index (χ0) is 23.6. The van der Waals surface area contributed by atoms with Crippen molar-refractivity contribution < 1.29 is 23.8 Å². The summed E-state index contributed by atoms with van der Waals surface area (Å²) in [7, 11) is 1.55. The third kappa shape index (κ3) is 4.83. The van der Waals surface area contributed by atoms with E-state index in [1.165, 1.54) is 12.1 Å². The highest BCUT2D eigenvalue weighted by atomic mass is 35.5. The number of carbonyl (C=O) groups excluding carboxylic acids is 1. The van der Waals surface area contributed by atoms with Crippen molar-refractivity contribution in [3.8, 4) is 0 Å². The summed E-state index contributed by atoms with van der Waals surface area (Å²) in [6.45, 7) is 4.58. The number of rotatable bonds is 8. The third-order valence-corrected chi connectivity index (χ3v) is 6.36. The predicted octanol–water partition coefficient (Wildman–Crippen LogP) is 3.84. The maximum atomic E-state index is 13.9. The number of Topliss-reactive ketones (excluding diaryl/α,β-unsaturated/α-hetero) is 1. The first-order valence-electron chi connectivity index (χ1n) is 10.3. The number of aromatic amines is 1. The zero-order valence-corrected chi connectivity index (χ0v) is 18.9. The topological polar surface area (TPSA) is 119 Å². The van der Waals surface area contributed by atoms with Gasteiger partial charge in [-0.05, 0) is 37.0 Å². The molecule has 1 saturated heterocycles. The van der Waals surface area contributed by atoms with Gasteiger partial charge in [0.25, 0.3) is 0 Å². The smallest absolute Gasteiger partial charge is 0.335 e. The standard InChI is InChI=1S/C22H26ClFN4O4/c1-4-16-20(23)27-21(26-16)19(29)18(25)11(2)15-5-6-28(10-17(15)32-3)14-8-12(22(30)31)7-13(24)9-14/h7-9,11,15,17,25H,4-6,10H2,1-3H3,(H,26,27)(H,30,31)/t11-,15?,17?/m1/s1. The predicted molar refractivity (Wildman–Crippen MR) is 119 cm³/mol. The lowest BCUT2D eigenvalue weighted by Crippen LogP contribution is -2.48. The number of halogens is 2. The van der Waals surface area contributed by atoms with E-state index in [0.29, 0.717) is 37.3 Å². The lowest BCUT2D eigenvalue weighted by atomic mass is 9.79. The number of carboxylic acid groups (broad SMARTS) is 1. The molecule has 0 bridgehead atoms. The van der Waals surface area contributed by atoms with Gasteiger partial charge >= 0.3 is 5.97 Å². The van der Waals surface area contributed by atoms with Crippen LogP contribution in [0.4, 0.5) is 10.1 Å². The summed E-state index contributed by atoms with van der Waals surface area (Å²) in [6, 6.07) is 3.70. The van der Waals surface area contributed by atoms with E-state index in [2.05, 4.69) is 9.97 Å². The van der Waals surface area contributed by atoms with Gasteiger partial charge in [-0.25, -0.2) is 14.2 Å². The first-order valence-corrected chi connectivity index (χ1v) is 10.7. The number of aromatic carboxylic acids is 1. The molecule has 10 heteroatoms. The Balaban J connectivity index is 1.75. The van der Waals surface area contributed by atoms with Crippen molar-refractivity contribution >= 4 is 34.8 Å². The molecule has 172 valence electrons. The fraction of sp³-hybridized carbons (Fsp3) is 0.455. The normalized spacial score (nSPS) is 19.6. The monoisotopic (exact) mass is 464 g/mol. The molecule has 3 rings (SSSR count). The number of nitrogens with zero attached hydrogens (tertiary/aromatic N) is 2. The van der Waals surface area contributed by atoms with E-state index in [9.17, 15) is 19.1 Å². The average Bonchev–Trinajstić information content (AvgIpc) is 3.17. The number of ketones is 1. The number of benzene rings is 1. The van der Waals surface area contributed by atoms with Crippen LogP contribution >= 0.6 is 11.6 Å². The second kappa shape index (κ2) is 9.79. The van der Waals surface area contributed by atoms with Crippen molar-refractivity contribution in [3.05, 3.63) is 46.3 Å². The van der Waals surface area contributed by atoms with E-state index in [-0.39, 0.29) is 34.3 Å². The molecule has 2 heterocycles. The second-order valence-electron chi connectivity index (χ2n) is 7.92. The van der Waals surface area contributed by atoms with Crippen LogP contribution in [0.5, 0.6) is 0 Å². The Hall–Kier alpha value is -2.78. The van der Waals surface area contributed by atoms with Crippen LogP contribution in [0.1, 0.15) is 46.9 Å². The van der Waals surface area contributed by atoms with Gasteiger partial charge in [0.05, 0.1) is 23.1 Å². The van der Waals surface area contributed by atoms with E-state index in [1.807, 2.05) is 18.7 Å². The van der Waals surface area contributed by atoms with Crippen LogP contribution in [0, 0.1) is 23.1 Å². The fourth-order valence-electron chi connectivity index (χ4n) is 4.15. The third-order valence-electron chi connectivity index (χ3n) is 6.05. The number of methoxy groups -OCH3 is 1. The molecule has 0 amide bonds. The Bertz CT molecular complexity index is 1040. The SMILES string of the molecule is CCc1[nH]c(C(=O)C(=N)[C@H](C)C2CCN(c3cc(F)cc(C(=O)O)c3)CC2OC)nc1Cl. The molecule has 3 N–H and O–H groups in total. The number of hydrogen-bond donors (Lipinski definition) is 3. The van der Waals surface area contributed by atoms with Crippen LogP contribution in [-0.2, 0) is 11.2 Å². The number of ether oxygens (including phenoxy) is 1. The van der Waals surface area contributed by atoms with Gasteiger partial charge < -0.3 is 25.1 Å². The summed E-state index contributed by atoms with van der Waals surface area (Å²) in [5.74, 6) is -2.82. The van der Waals surface area contributed by atoms with Crippen LogP contribution in [0.3, 0.4) is 0 Å². The Morgan fingerprint density at radius 3 is 2.75 bits per heavy atom. The molecular weight excluding hydrogens is 439 g/mol. The summed E-state index contributed by atoms with van der Waals surface area (Å²) in [5.41, 5.74) is 0.895. The van der Waals surface area contributed by atoms with Crippen molar-refractivity contribution in [3.63, 3.8) is 0 Å². The maximum absolute atomic E-state index is 13.9. The first kappa shape index (κ1) is 23.9. The summed E-state index contributed by atoms with van der Waals surface area (Å²) < 4.78 is 19.6. The summed E-state index contributed by atoms with van der Waals surface area (Å²) >= 11 is 6.03. The Morgan fingerprint density at radius 2 is 2.16 bits per heavy atom. The number of nitrogens with one attached hydrogen (secondary N) is 2. The molecule has 1 fully saturated rings. The number of carbonyl (C=O) groups is 2. The van der Waals surface area contributed by atoms with Crippen molar-refractivity contribution in [1.82, 2.24) is 9.97 Å². The summed E-state index contributed by atoms with van der Waals surface area (Å²) in [5, 5.41) is 17.9. The number of anilines is 1. The molecule has 32 heavy (non-hydrogen) atoms. The van der Waals surface area contributed by atoms with E-state index >= 15 is 0 Å². The van der Waals surface area contributed by atoms with Gasteiger partial charge in [0.1, 0.15) is 5.82 Å². The van der Waals surface area contributed by atoms with E-state index in [4.69, 9.17) is 21.7 Å². The first-order chi connectivity index (χ1) is 15.2. The Kier molecular flexibility index (Phi) is 7.30. The lowest BCUT2D eigenvalue weighted by molar-refractivity contribution is 0.0308. The minimum atomic E-state index is -1.20. The highest BCUT2D eigenvalue weighted by molar-refractivity contribution is 6.45. The molecule has 1 aliphatic rings. The van der Waals surface area contributed by atoms with Crippen LogP contribution in [0.25, 0.3) is 0 Å². The van der Waals surface area contributed by atoms with Crippen LogP contribution in [0.15, 0.2) is 18.2 Å². The Morgan fingerprint density at radius 1 is 1.44 bits per heavy atom. The van der Waals surface area contributed by atoms with Gasteiger partial charge in [-0.1, -0.05) is 25.4 Å². The quantitative estimate of drug-likeness (QED) is 0.403. The fourth-order valence-corrected chi connectivity index (χ4v) is 4.41. The van der Waals surface area contributed by atoms with Crippen molar-refractivity contribution in [2.45, 2.75) is 32.8 Å². The minimum absolute atomic E-state index is 0.0519.